The van der Waals surface area contributed by atoms with Crippen LogP contribution in [0.1, 0.15) is 28.4 Å². The van der Waals surface area contributed by atoms with Crippen LogP contribution in [0.2, 0.25) is 0 Å². The number of aromatic nitrogens is 2. The maximum Gasteiger partial charge on any atom is 0.125 e. The first-order valence-electron chi connectivity index (χ1n) is 7.51. The lowest BCUT2D eigenvalue weighted by molar-refractivity contribution is 0.0501. The molecule has 0 N–H and O–H groups in total. The molecular weight excluding hydrogens is 362 g/mol. The molecule has 2 aliphatic heterocycles. The van der Waals surface area contributed by atoms with Gasteiger partial charge in [0, 0.05) is 39.6 Å². The zero-order valence-electron chi connectivity index (χ0n) is 12.5. The molecule has 0 saturated carbocycles. The lowest BCUT2D eigenvalue weighted by Crippen LogP contribution is -2.40. The number of rotatable bonds is 2. The van der Waals surface area contributed by atoms with E-state index in [9.17, 15) is 0 Å². The Bertz CT molecular complexity index is 704. The third-order valence-corrected chi connectivity index (χ3v) is 6.24. The van der Waals surface area contributed by atoms with Crippen LogP contribution in [-0.4, -0.2) is 34.6 Å². The van der Waals surface area contributed by atoms with Crippen LogP contribution in [-0.2, 0) is 23.3 Å². The van der Waals surface area contributed by atoms with E-state index in [1.54, 1.807) is 0 Å². The highest BCUT2D eigenvalue weighted by molar-refractivity contribution is 9.10. The summed E-state index contributed by atoms with van der Waals surface area (Å²) in [6.07, 6.45) is 3.06. The molecular formula is C16H18BrN3OS. The fraction of sp³-hybridized carbons (Fsp3) is 0.500. The predicted octanol–water partition coefficient (Wildman–Crippen LogP) is 3.28. The van der Waals surface area contributed by atoms with Gasteiger partial charge in [0.05, 0.1) is 24.3 Å². The van der Waals surface area contributed by atoms with Crippen LogP contribution in [0, 0.1) is 6.92 Å². The van der Waals surface area contributed by atoms with Crippen LogP contribution in [0.25, 0.3) is 0 Å². The highest BCUT2D eigenvalue weighted by atomic mass is 79.9. The van der Waals surface area contributed by atoms with E-state index in [-0.39, 0.29) is 5.41 Å². The predicted molar refractivity (Wildman–Crippen MR) is 90.0 cm³/mol. The third kappa shape index (κ3) is 2.62. The molecule has 1 saturated heterocycles. The summed E-state index contributed by atoms with van der Waals surface area (Å²) in [5, 5.41) is 2.15. The first kappa shape index (κ1) is 14.8. The standard InChI is InChI=1S/C16H18BrN3OS/c1-11-18-5-12-7-21-10-16(15(12)19-11)2-3-20(9-16)6-14-4-13(17)8-22-14/h4-5,8H,2-3,6-7,9-10H2,1H3/t16-/m1/s1. The Hall–Kier alpha value is -0.820. The number of nitrogens with zero attached hydrogens (tertiary/aromatic N) is 3. The number of ether oxygens (including phenoxy) is 1. The van der Waals surface area contributed by atoms with Gasteiger partial charge < -0.3 is 4.74 Å². The number of aryl methyl sites for hydroxylation is 1. The van der Waals surface area contributed by atoms with Gasteiger partial charge in [0.2, 0.25) is 0 Å². The SMILES string of the molecule is Cc1ncc2c(n1)[C@@]1(CCN(Cc3cc(Br)cs3)C1)COC2. The fourth-order valence-corrected chi connectivity index (χ4v) is 5.04. The molecule has 2 aliphatic rings. The zero-order chi connectivity index (χ0) is 15.2. The van der Waals surface area contributed by atoms with E-state index >= 15 is 0 Å². The summed E-state index contributed by atoms with van der Waals surface area (Å²) >= 11 is 5.35. The Morgan fingerprint density at radius 1 is 1.50 bits per heavy atom. The van der Waals surface area contributed by atoms with Gasteiger partial charge in [0.1, 0.15) is 5.82 Å². The molecule has 0 bridgehead atoms. The first-order valence-corrected chi connectivity index (χ1v) is 9.18. The summed E-state index contributed by atoms with van der Waals surface area (Å²) in [7, 11) is 0. The average molecular weight is 380 g/mol. The van der Waals surface area contributed by atoms with Crippen molar-refractivity contribution in [1.82, 2.24) is 14.9 Å². The Labute approximate surface area is 142 Å². The molecule has 0 radical (unpaired) electrons. The van der Waals surface area contributed by atoms with Gasteiger partial charge in [0.15, 0.2) is 0 Å². The van der Waals surface area contributed by atoms with Crippen molar-refractivity contribution in [3.63, 3.8) is 0 Å². The molecule has 0 amide bonds. The summed E-state index contributed by atoms with van der Waals surface area (Å²) in [6.45, 7) is 6.53. The van der Waals surface area contributed by atoms with E-state index in [1.807, 2.05) is 24.5 Å². The quantitative estimate of drug-likeness (QED) is 0.802. The molecule has 0 unspecified atom stereocenters. The van der Waals surface area contributed by atoms with Crippen molar-refractivity contribution in [3.05, 3.63) is 44.1 Å². The highest BCUT2D eigenvalue weighted by Gasteiger charge is 2.44. The second-order valence-corrected chi connectivity index (χ2v) is 8.17. The van der Waals surface area contributed by atoms with Crippen LogP contribution < -0.4 is 0 Å². The fourth-order valence-electron chi connectivity index (χ4n) is 3.55. The molecule has 1 atom stereocenters. The lowest BCUT2D eigenvalue weighted by Gasteiger charge is -2.34. The molecule has 2 aromatic rings. The Morgan fingerprint density at radius 2 is 2.41 bits per heavy atom. The molecule has 0 aliphatic carbocycles. The highest BCUT2D eigenvalue weighted by Crippen LogP contribution is 2.39. The molecule has 4 rings (SSSR count). The summed E-state index contributed by atoms with van der Waals surface area (Å²) in [5.74, 6) is 0.862. The molecule has 1 spiro atoms. The number of hydrogen-bond acceptors (Lipinski definition) is 5. The minimum Gasteiger partial charge on any atom is -0.376 e. The molecule has 1 fully saturated rings. The summed E-state index contributed by atoms with van der Waals surface area (Å²) < 4.78 is 7.04. The van der Waals surface area contributed by atoms with Gasteiger partial charge in [-0.05, 0) is 41.9 Å². The first-order chi connectivity index (χ1) is 10.6. The van der Waals surface area contributed by atoms with Gasteiger partial charge in [-0.3, -0.25) is 4.90 Å². The number of thiophene rings is 1. The van der Waals surface area contributed by atoms with Gasteiger partial charge >= 0.3 is 0 Å². The number of hydrogen-bond donors (Lipinski definition) is 0. The van der Waals surface area contributed by atoms with Crippen molar-refractivity contribution < 1.29 is 4.74 Å². The van der Waals surface area contributed by atoms with Crippen molar-refractivity contribution in [3.8, 4) is 0 Å². The number of likely N-dealkylation sites (tertiary alicyclic amines) is 1. The van der Waals surface area contributed by atoms with Gasteiger partial charge in [0.25, 0.3) is 0 Å². The zero-order valence-corrected chi connectivity index (χ0v) is 14.9. The summed E-state index contributed by atoms with van der Waals surface area (Å²) in [6, 6.07) is 2.22. The monoisotopic (exact) mass is 379 g/mol. The smallest absolute Gasteiger partial charge is 0.125 e. The van der Waals surface area contributed by atoms with E-state index in [0.29, 0.717) is 6.61 Å². The molecule has 22 heavy (non-hydrogen) atoms. The normalized spacial score (nSPS) is 24.8. The van der Waals surface area contributed by atoms with Gasteiger partial charge in [-0.1, -0.05) is 0 Å². The Morgan fingerprint density at radius 3 is 3.23 bits per heavy atom. The van der Waals surface area contributed by atoms with Gasteiger partial charge in [-0.15, -0.1) is 11.3 Å². The third-order valence-electron chi connectivity index (χ3n) is 4.56. The van der Waals surface area contributed by atoms with Gasteiger partial charge in [-0.25, -0.2) is 9.97 Å². The largest absolute Gasteiger partial charge is 0.376 e. The van der Waals surface area contributed by atoms with Crippen LogP contribution in [0.3, 0.4) is 0 Å². The van der Waals surface area contributed by atoms with E-state index in [4.69, 9.17) is 9.72 Å². The second kappa shape index (κ2) is 5.67. The molecule has 2 aromatic heterocycles. The van der Waals surface area contributed by atoms with Crippen LogP contribution in [0.5, 0.6) is 0 Å². The van der Waals surface area contributed by atoms with E-state index in [1.165, 1.54) is 15.0 Å². The van der Waals surface area contributed by atoms with Crippen molar-refractivity contribution in [2.45, 2.75) is 31.9 Å². The maximum absolute atomic E-state index is 5.86. The summed E-state index contributed by atoms with van der Waals surface area (Å²) in [5.41, 5.74) is 2.44. The van der Waals surface area contributed by atoms with Crippen molar-refractivity contribution in [2.75, 3.05) is 19.7 Å². The van der Waals surface area contributed by atoms with Crippen molar-refractivity contribution in [1.29, 1.82) is 0 Å². The maximum atomic E-state index is 5.86. The molecule has 4 nitrogen and oxygen atoms in total. The van der Waals surface area contributed by atoms with Crippen LogP contribution in [0.15, 0.2) is 22.1 Å². The van der Waals surface area contributed by atoms with E-state index < -0.39 is 0 Å². The molecule has 4 heterocycles. The van der Waals surface area contributed by atoms with Crippen LogP contribution >= 0.6 is 27.3 Å². The van der Waals surface area contributed by atoms with E-state index in [2.05, 4.69) is 37.3 Å². The Balaban J connectivity index is 1.58. The minimum absolute atomic E-state index is 0.0514. The summed E-state index contributed by atoms with van der Waals surface area (Å²) in [4.78, 5) is 13.0. The molecule has 6 heteroatoms. The lowest BCUT2D eigenvalue weighted by atomic mass is 9.80. The molecule has 116 valence electrons. The van der Waals surface area contributed by atoms with Gasteiger partial charge in [-0.2, -0.15) is 0 Å². The van der Waals surface area contributed by atoms with Crippen molar-refractivity contribution >= 4 is 27.3 Å². The second-order valence-electron chi connectivity index (χ2n) is 6.26. The topological polar surface area (TPSA) is 38.2 Å². The molecule has 0 aromatic carbocycles. The van der Waals surface area contributed by atoms with Crippen molar-refractivity contribution in [2.24, 2.45) is 0 Å². The minimum atomic E-state index is 0.0514. The number of fused-ring (bicyclic) bond motifs is 2. The average Bonchev–Trinajstić information content (AvgIpc) is 3.08. The van der Waals surface area contributed by atoms with Crippen LogP contribution in [0.4, 0.5) is 0 Å². The Kier molecular flexibility index (Phi) is 3.80. The van der Waals surface area contributed by atoms with E-state index in [0.717, 1.165) is 44.0 Å². The number of halogens is 1.